The molecule has 1 rings (SSSR count). The minimum absolute atomic E-state index is 0.224. The molecule has 0 saturated carbocycles. The van der Waals surface area contributed by atoms with Gasteiger partial charge in [-0.2, -0.15) is 0 Å². The fraction of sp³-hybridized carbons (Fsp3) is 0.571. The summed E-state index contributed by atoms with van der Waals surface area (Å²) in [5.74, 6) is 0. The predicted molar refractivity (Wildman–Crippen MR) is 79.3 cm³/mol. The first-order valence-corrected chi connectivity index (χ1v) is 7.77. The third-order valence-corrected chi connectivity index (χ3v) is 3.51. The van der Waals surface area contributed by atoms with Gasteiger partial charge >= 0.3 is 0 Å². The highest BCUT2D eigenvalue weighted by atomic mass is 31.1. The van der Waals surface area contributed by atoms with Crippen molar-refractivity contribution in [1.82, 2.24) is 5.48 Å². The molecule has 0 aliphatic rings. The molecule has 2 N–H and O–H groups in total. The Morgan fingerprint density at radius 1 is 1.26 bits per heavy atom. The number of rotatable bonds is 11. The van der Waals surface area contributed by atoms with E-state index in [0.29, 0.717) is 15.4 Å². The molecule has 0 heterocycles. The lowest BCUT2D eigenvalue weighted by Gasteiger charge is -2.10. The van der Waals surface area contributed by atoms with Gasteiger partial charge in [-0.1, -0.05) is 30.3 Å². The summed E-state index contributed by atoms with van der Waals surface area (Å²) in [6.07, 6.45) is 3.24. The molecular weight excluding hydrogens is 261 g/mol. The predicted octanol–water partition coefficient (Wildman–Crippen LogP) is 2.48. The standard InChI is InChI=1S/C14H24NO3P/c1-17-19-11-9-14(16)8-5-10-15-18-12-13-6-3-2-4-7-13/h2-4,6-7,14-16,19H,5,8-12H2,1H3. The SMILES string of the molecule is COPCCC(O)CCCNOCc1ccccc1. The summed E-state index contributed by atoms with van der Waals surface area (Å²) in [6, 6.07) is 10.0. The third kappa shape index (κ3) is 9.09. The Morgan fingerprint density at radius 2 is 2.05 bits per heavy atom. The van der Waals surface area contributed by atoms with E-state index in [1.165, 1.54) is 0 Å². The average molecular weight is 285 g/mol. The maximum absolute atomic E-state index is 9.69. The number of aliphatic hydroxyl groups excluding tert-OH is 1. The molecule has 0 aromatic heterocycles. The van der Waals surface area contributed by atoms with E-state index in [9.17, 15) is 5.11 Å². The molecule has 19 heavy (non-hydrogen) atoms. The van der Waals surface area contributed by atoms with Crippen LogP contribution in [0.2, 0.25) is 0 Å². The molecular formula is C14H24NO3P. The van der Waals surface area contributed by atoms with E-state index < -0.39 is 0 Å². The lowest BCUT2D eigenvalue weighted by Crippen LogP contribution is -2.18. The summed E-state index contributed by atoms with van der Waals surface area (Å²) in [6.45, 7) is 1.33. The van der Waals surface area contributed by atoms with E-state index >= 15 is 0 Å². The number of nitrogens with one attached hydrogen (secondary N) is 1. The van der Waals surface area contributed by atoms with E-state index in [-0.39, 0.29) is 6.10 Å². The summed E-state index contributed by atoms with van der Waals surface area (Å²) in [5, 5.41) is 9.69. The van der Waals surface area contributed by atoms with Crippen LogP contribution in [0.4, 0.5) is 0 Å². The molecule has 0 saturated heterocycles. The lowest BCUT2D eigenvalue weighted by molar-refractivity contribution is 0.0251. The number of hydroxylamine groups is 1. The van der Waals surface area contributed by atoms with Gasteiger partial charge in [0, 0.05) is 22.5 Å². The fourth-order valence-corrected chi connectivity index (χ4v) is 2.32. The van der Waals surface area contributed by atoms with Crippen molar-refractivity contribution in [2.75, 3.05) is 19.8 Å². The molecule has 108 valence electrons. The van der Waals surface area contributed by atoms with Gasteiger partial charge in [-0.15, -0.1) is 0 Å². The zero-order valence-corrected chi connectivity index (χ0v) is 12.5. The van der Waals surface area contributed by atoms with Crippen LogP contribution in [0, 0.1) is 0 Å². The molecule has 1 aromatic carbocycles. The molecule has 5 heteroatoms. The molecule has 0 spiro atoms. The summed E-state index contributed by atoms with van der Waals surface area (Å²) in [4.78, 5) is 5.35. The number of hydrogen-bond acceptors (Lipinski definition) is 4. The van der Waals surface area contributed by atoms with Crippen molar-refractivity contribution < 1.29 is 14.5 Å². The Morgan fingerprint density at radius 3 is 2.79 bits per heavy atom. The first-order valence-electron chi connectivity index (χ1n) is 6.65. The molecule has 2 atom stereocenters. The second-order valence-corrected chi connectivity index (χ2v) is 5.55. The van der Waals surface area contributed by atoms with Crippen LogP contribution in [0.5, 0.6) is 0 Å². The first kappa shape index (κ1) is 16.5. The zero-order valence-electron chi connectivity index (χ0n) is 11.5. The van der Waals surface area contributed by atoms with Crippen LogP contribution in [0.1, 0.15) is 24.8 Å². The largest absolute Gasteiger partial charge is 0.393 e. The Labute approximate surface area is 117 Å². The summed E-state index contributed by atoms with van der Waals surface area (Å²) in [7, 11) is 2.19. The van der Waals surface area contributed by atoms with E-state index in [4.69, 9.17) is 9.36 Å². The van der Waals surface area contributed by atoms with Crippen molar-refractivity contribution >= 4 is 8.81 Å². The quantitative estimate of drug-likeness (QED) is 0.372. The van der Waals surface area contributed by atoms with Gasteiger partial charge in [0.2, 0.25) is 0 Å². The lowest BCUT2D eigenvalue weighted by atomic mass is 10.1. The molecule has 0 aliphatic heterocycles. The van der Waals surface area contributed by atoms with Crippen molar-refractivity contribution in [2.45, 2.75) is 32.0 Å². The Kier molecular flexibility index (Phi) is 9.86. The molecule has 0 bridgehead atoms. The molecule has 0 aliphatic carbocycles. The molecule has 4 nitrogen and oxygen atoms in total. The van der Waals surface area contributed by atoms with Gasteiger partial charge in [0.15, 0.2) is 0 Å². The zero-order chi connectivity index (χ0) is 13.8. The van der Waals surface area contributed by atoms with Crippen LogP contribution >= 0.6 is 8.81 Å². The van der Waals surface area contributed by atoms with Gasteiger partial charge in [-0.3, -0.25) is 4.84 Å². The average Bonchev–Trinajstić information content (AvgIpc) is 2.44. The van der Waals surface area contributed by atoms with E-state index in [1.54, 1.807) is 7.11 Å². The van der Waals surface area contributed by atoms with Crippen LogP contribution in [0.25, 0.3) is 0 Å². The normalized spacial score (nSPS) is 13.2. The van der Waals surface area contributed by atoms with Crippen molar-refractivity contribution in [3.8, 4) is 0 Å². The van der Waals surface area contributed by atoms with Crippen molar-refractivity contribution in [3.63, 3.8) is 0 Å². The van der Waals surface area contributed by atoms with Crippen LogP contribution in [0.3, 0.4) is 0 Å². The fourth-order valence-electron chi connectivity index (χ4n) is 1.66. The number of aliphatic hydroxyl groups is 1. The van der Waals surface area contributed by atoms with Crippen molar-refractivity contribution in [2.24, 2.45) is 0 Å². The Balaban J connectivity index is 1.91. The number of benzene rings is 1. The Bertz CT molecular complexity index is 311. The van der Waals surface area contributed by atoms with Crippen LogP contribution in [-0.4, -0.2) is 31.0 Å². The smallest absolute Gasteiger partial charge is 0.0933 e. The van der Waals surface area contributed by atoms with Crippen LogP contribution < -0.4 is 5.48 Å². The van der Waals surface area contributed by atoms with E-state index in [1.807, 2.05) is 30.3 Å². The maximum atomic E-state index is 9.69. The molecule has 0 amide bonds. The van der Waals surface area contributed by atoms with Crippen LogP contribution in [-0.2, 0) is 16.0 Å². The van der Waals surface area contributed by atoms with Gasteiger partial charge in [-0.25, -0.2) is 5.48 Å². The summed E-state index contributed by atoms with van der Waals surface area (Å²) in [5.41, 5.74) is 4.07. The van der Waals surface area contributed by atoms with Crippen LogP contribution in [0.15, 0.2) is 30.3 Å². The van der Waals surface area contributed by atoms with Gasteiger partial charge in [-0.05, 0) is 31.0 Å². The third-order valence-electron chi connectivity index (χ3n) is 2.72. The van der Waals surface area contributed by atoms with E-state index in [2.05, 4.69) is 5.48 Å². The second-order valence-electron chi connectivity index (χ2n) is 4.35. The summed E-state index contributed by atoms with van der Waals surface area (Å²) >= 11 is 0. The minimum Gasteiger partial charge on any atom is -0.393 e. The second kappa shape index (κ2) is 11.3. The van der Waals surface area contributed by atoms with Gasteiger partial charge in [0.25, 0.3) is 0 Å². The highest BCUT2D eigenvalue weighted by molar-refractivity contribution is 7.32. The van der Waals surface area contributed by atoms with Crippen molar-refractivity contribution in [3.05, 3.63) is 35.9 Å². The van der Waals surface area contributed by atoms with E-state index in [0.717, 1.165) is 37.5 Å². The monoisotopic (exact) mass is 285 g/mol. The summed E-state index contributed by atoms with van der Waals surface area (Å²) < 4.78 is 4.98. The highest BCUT2D eigenvalue weighted by Crippen LogP contribution is 2.13. The van der Waals surface area contributed by atoms with Gasteiger partial charge in [0.05, 0.1) is 12.7 Å². The molecule has 2 unspecified atom stereocenters. The molecule has 1 aromatic rings. The van der Waals surface area contributed by atoms with Crippen molar-refractivity contribution in [1.29, 1.82) is 0 Å². The Hall–Kier alpha value is -0.510. The molecule has 0 radical (unpaired) electrons. The van der Waals surface area contributed by atoms with Gasteiger partial charge in [0.1, 0.15) is 0 Å². The van der Waals surface area contributed by atoms with Gasteiger partial charge < -0.3 is 9.63 Å². The molecule has 0 fully saturated rings. The minimum atomic E-state index is -0.224. The first-order chi connectivity index (χ1) is 9.33. The number of hydrogen-bond donors (Lipinski definition) is 2. The maximum Gasteiger partial charge on any atom is 0.0933 e. The topological polar surface area (TPSA) is 50.7 Å². The highest BCUT2D eigenvalue weighted by Gasteiger charge is 2.03.